The van der Waals surface area contributed by atoms with Crippen molar-refractivity contribution >= 4 is 11.3 Å². The molecule has 0 radical (unpaired) electrons. The molecule has 0 aromatic carbocycles. The standard InChI is InChI=1S/C28H31FN8/c29-28-15-27(16-28,17-28)18-31-6-19-1-4-26-32-23(12-36(26)9-19)13-37-14-25(33-34-37)22-5-24(8-30-7-22)35-10-20-2-3-21(20)11-35/h1,4-5,7-9,12,14,20-21,31H,2-3,6,10-11,13,15-18H2. The molecule has 1 N–H and O–H groups in total. The molecule has 4 aliphatic carbocycles. The van der Waals surface area contributed by atoms with Gasteiger partial charge in [-0.3, -0.25) is 4.98 Å². The summed E-state index contributed by atoms with van der Waals surface area (Å²) in [7, 11) is 0. The van der Waals surface area contributed by atoms with Gasteiger partial charge in [-0.1, -0.05) is 11.3 Å². The number of rotatable bonds is 8. The number of halogens is 1. The third-order valence-corrected chi connectivity index (χ3v) is 9.20. The van der Waals surface area contributed by atoms with Crippen molar-refractivity contribution in [3.63, 3.8) is 0 Å². The number of alkyl halides is 1. The zero-order valence-corrected chi connectivity index (χ0v) is 20.9. The third-order valence-electron chi connectivity index (χ3n) is 9.20. The number of nitrogens with one attached hydrogen (secondary N) is 1. The zero-order valence-electron chi connectivity index (χ0n) is 20.9. The van der Waals surface area contributed by atoms with Gasteiger partial charge in [0, 0.05) is 50.3 Å². The summed E-state index contributed by atoms with van der Waals surface area (Å²) >= 11 is 0. The number of hydrogen-bond acceptors (Lipinski definition) is 6. The minimum atomic E-state index is -0.826. The van der Waals surface area contributed by atoms with Crippen LogP contribution in [0.25, 0.3) is 16.9 Å². The molecule has 8 nitrogen and oxygen atoms in total. The van der Waals surface area contributed by atoms with Crippen LogP contribution in [0.1, 0.15) is 43.4 Å². The molecule has 1 aliphatic heterocycles. The summed E-state index contributed by atoms with van der Waals surface area (Å²) in [5.41, 5.74) is 5.45. The van der Waals surface area contributed by atoms with Crippen molar-refractivity contribution in [3.8, 4) is 11.3 Å². The van der Waals surface area contributed by atoms with Crippen LogP contribution in [0.5, 0.6) is 0 Å². The van der Waals surface area contributed by atoms with Crippen molar-refractivity contribution in [1.82, 2.24) is 34.7 Å². The van der Waals surface area contributed by atoms with E-state index in [0.717, 1.165) is 79.9 Å². The first-order valence-corrected chi connectivity index (χ1v) is 13.5. The van der Waals surface area contributed by atoms with E-state index >= 15 is 0 Å². The monoisotopic (exact) mass is 498 g/mol. The van der Waals surface area contributed by atoms with Crippen molar-refractivity contribution in [2.24, 2.45) is 17.3 Å². The highest BCUT2D eigenvalue weighted by Gasteiger charge is 2.68. The normalized spacial score (nSPS) is 29.6. The lowest BCUT2D eigenvalue weighted by Gasteiger charge is -2.66. The Morgan fingerprint density at radius 3 is 2.65 bits per heavy atom. The van der Waals surface area contributed by atoms with Crippen LogP contribution < -0.4 is 10.2 Å². The number of hydrogen-bond donors (Lipinski definition) is 1. The molecule has 190 valence electrons. The van der Waals surface area contributed by atoms with Gasteiger partial charge in [0.2, 0.25) is 0 Å². The average Bonchev–Trinajstić information content (AvgIpc) is 3.55. The van der Waals surface area contributed by atoms with Crippen LogP contribution >= 0.6 is 0 Å². The van der Waals surface area contributed by atoms with Gasteiger partial charge in [-0.2, -0.15) is 0 Å². The Balaban J connectivity index is 0.927. The maximum absolute atomic E-state index is 13.7. The van der Waals surface area contributed by atoms with Gasteiger partial charge in [-0.25, -0.2) is 14.1 Å². The SMILES string of the molecule is FC12CC(CNCc3ccc4nc(Cn5cc(-c6cncc(N7CC8CCC8C7)c6)nn5)cn4c3)(C1)C2. The highest BCUT2D eigenvalue weighted by Crippen LogP contribution is 2.69. The van der Waals surface area contributed by atoms with Crippen molar-refractivity contribution in [2.75, 3.05) is 24.5 Å². The fourth-order valence-electron chi connectivity index (χ4n) is 7.18. The maximum atomic E-state index is 13.7. The maximum Gasteiger partial charge on any atom is 0.137 e. The van der Waals surface area contributed by atoms with E-state index in [9.17, 15) is 4.39 Å². The molecule has 0 amide bonds. The molecule has 0 spiro atoms. The molecule has 4 aromatic heterocycles. The summed E-state index contributed by atoms with van der Waals surface area (Å²) < 4.78 is 17.6. The van der Waals surface area contributed by atoms with Gasteiger partial charge in [0.25, 0.3) is 0 Å². The lowest BCUT2D eigenvalue weighted by Crippen LogP contribution is -2.67. The Labute approximate surface area is 214 Å². The number of pyridine rings is 2. The molecule has 2 atom stereocenters. The second-order valence-corrected chi connectivity index (χ2v) is 12.1. The molecule has 5 fully saturated rings. The van der Waals surface area contributed by atoms with Crippen molar-refractivity contribution in [1.29, 1.82) is 0 Å². The second kappa shape index (κ2) is 7.84. The Hall–Kier alpha value is -3.33. The minimum Gasteiger partial charge on any atom is -0.370 e. The molecule has 1 saturated heterocycles. The molecule has 4 aromatic rings. The molecule has 37 heavy (non-hydrogen) atoms. The average molecular weight is 499 g/mol. The quantitative estimate of drug-likeness (QED) is 0.398. The highest BCUT2D eigenvalue weighted by atomic mass is 19.1. The number of anilines is 1. The first kappa shape index (κ1) is 21.7. The zero-order chi connectivity index (χ0) is 24.6. The van der Waals surface area contributed by atoms with Crippen LogP contribution in [-0.2, 0) is 13.1 Å². The molecule has 4 saturated carbocycles. The van der Waals surface area contributed by atoms with Crippen LogP contribution in [0, 0.1) is 17.3 Å². The summed E-state index contributed by atoms with van der Waals surface area (Å²) in [6.45, 7) is 4.53. The lowest BCUT2D eigenvalue weighted by atomic mass is 9.42. The predicted molar refractivity (Wildman–Crippen MR) is 138 cm³/mol. The summed E-state index contributed by atoms with van der Waals surface area (Å²) in [6.07, 6.45) is 14.9. The molecule has 5 heterocycles. The van der Waals surface area contributed by atoms with Crippen molar-refractivity contribution in [3.05, 3.63) is 60.4 Å². The first-order chi connectivity index (χ1) is 18.0. The van der Waals surface area contributed by atoms with Crippen LogP contribution in [0.2, 0.25) is 0 Å². The molecule has 9 heteroatoms. The van der Waals surface area contributed by atoms with Crippen LogP contribution in [0.4, 0.5) is 10.1 Å². The molecule has 5 aliphatic rings. The Kier molecular flexibility index (Phi) is 4.60. The Bertz CT molecular complexity index is 1460. The first-order valence-electron chi connectivity index (χ1n) is 13.5. The van der Waals surface area contributed by atoms with E-state index in [1.807, 2.05) is 29.3 Å². The van der Waals surface area contributed by atoms with E-state index in [2.05, 4.69) is 54.4 Å². The number of aromatic nitrogens is 6. The summed E-state index contributed by atoms with van der Waals surface area (Å²) in [5, 5.41) is 12.3. The van der Waals surface area contributed by atoms with Crippen LogP contribution in [0.15, 0.2) is 49.2 Å². The van der Waals surface area contributed by atoms with Gasteiger partial charge < -0.3 is 14.6 Å². The Morgan fingerprint density at radius 2 is 1.86 bits per heavy atom. The number of imidazole rings is 1. The lowest BCUT2D eigenvalue weighted by molar-refractivity contribution is -0.209. The summed E-state index contributed by atoms with van der Waals surface area (Å²) in [4.78, 5) is 11.7. The molecule has 9 rings (SSSR count). The van der Waals surface area contributed by atoms with Gasteiger partial charge in [0.15, 0.2) is 0 Å². The van der Waals surface area contributed by atoms with E-state index in [1.165, 1.54) is 24.1 Å². The fraction of sp³-hybridized carbons (Fsp3) is 0.500. The van der Waals surface area contributed by atoms with Gasteiger partial charge in [-0.15, -0.1) is 5.10 Å². The van der Waals surface area contributed by atoms with E-state index in [4.69, 9.17) is 4.98 Å². The third kappa shape index (κ3) is 3.74. The minimum absolute atomic E-state index is 0.225. The number of fused-ring (bicyclic) bond motifs is 2. The molecular weight excluding hydrogens is 467 g/mol. The summed E-state index contributed by atoms with van der Waals surface area (Å²) in [6, 6.07) is 6.35. The largest absolute Gasteiger partial charge is 0.370 e. The summed E-state index contributed by atoms with van der Waals surface area (Å²) in [5.74, 6) is 1.73. The van der Waals surface area contributed by atoms with Gasteiger partial charge in [-0.05, 0) is 67.1 Å². The topological polar surface area (TPSA) is 76.2 Å². The predicted octanol–water partition coefficient (Wildman–Crippen LogP) is 3.86. The smallest absolute Gasteiger partial charge is 0.137 e. The van der Waals surface area contributed by atoms with Gasteiger partial charge in [0.05, 0.1) is 30.3 Å². The fourth-order valence-corrected chi connectivity index (χ4v) is 7.18. The van der Waals surface area contributed by atoms with Crippen LogP contribution in [0.3, 0.4) is 0 Å². The van der Waals surface area contributed by atoms with E-state index in [-0.39, 0.29) is 5.41 Å². The van der Waals surface area contributed by atoms with E-state index in [1.54, 1.807) is 0 Å². The van der Waals surface area contributed by atoms with E-state index < -0.39 is 5.67 Å². The number of nitrogens with zero attached hydrogens (tertiary/aromatic N) is 7. The van der Waals surface area contributed by atoms with Crippen LogP contribution in [-0.4, -0.2) is 54.7 Å². The molecule has 2 unspecified atom stereocenters. The van der Waals surface area contributed by atoms with Gasteiger partial charge >= 0.3 is 0 Å². The van der Waals surface area contributed by atoms with E-state index in [0.29, 0.717) is 6.54 Å². The van der Waals surface area contributed by atoms with Gasteiger partial charge in [0.1, 0.15) is 17.0 Å². The molecular formula is C28H31FN8. The van der Waals surface area contributed by atoms with Crippen molar-refractivity contribution < 1.29 is 4.39 Å². The molecule has 2 bridgehead atoms. The highest BCUT2D eigenvalue weighted by molar-refractivity contribution is 5.63. The van der Waals surface area contributed by atoms with Crippen molar-refractivity contribution in [2.45, 2.75) is 50.9 Å². The Morgan fingerprint density at radius 1 is 1.03 bits per heavy atom. The second-order valence-electron chi connectivity index (χ2n) is 12.1.